The van der Waals surface area contributed by atoms with Gasteiger partial charge in [-0.15, -0.1) is 0 Å². The second-order valence-corrected chi connectivity index (χ2v) is 4.52. The molecular formula is C10H12BrN3O4. The van der Waals surface area contributed by atoms with Gasteiger partial charge < -0.3 is 10.0 Å². The third-order valence-corrected chi connectivity index (χ3v) is 3.39. The first-order valence-electron chi connectivity index (χ1n) is 5.07. The van der Waals surface area contributed by atoms with Crippen LogP contribution >= 0.6 is 15.9 Å². The van der Waals surface area contributed by atoms with Crippen LogP contribution in [0.5, 0.6) is 0 Å². The van der Waals surface area contributed by atoms with E-state index in [1.807, 2.05) is 0 Å². The van der Waals surface area contributed by atoms with Crippen LogP contribution in [-0.4, -0.2) is 34.6 Å². The molecule has 0 unspecified atom stereocenters. The SMILES string of the molecule is Cc1c([N+](=O)[O-])cnc(N(C)CCC(=O)O)c1Br. The van der Waals surface area contributed by atoms with Crippen LogP contribution in [-0.2, 0) is 4.79 Å². The molecule has 0 saturated heterocycles. The second-order valence-electron chi connectivity index (χ2n) is 3.73. The van der Waals surface area contributed by atoms with Crippen molar-refractivity contribution in [3.63, 3.8) is 0 Å². The number of hydrogen-bond acceptors (Lipinski definition) is 5. The first kappa shape index (κ1) is 14.4. The van der Waals surface area contributed by atoms with Gasteiger partial charge in [-0.2, -0.15) is 0 Å². The van der Waals surface area contributed by atoms with Crippen molar-refractivity contribution in [1.82, 2.24) is 4.98 Å². The molecule has 0 aliphatic carbocycles. The number of carboxylic acid groups (broad SMARTS) is 1. The molecule has 0 fully saturated rings. The summed E-state index contributed by atoms with van der Waals surface area (Å²) in [6.07, 6.45) is 1.15. The summed E-state index contributed by atoms with van der Waals surface area (Å²) in [5.41, 5.74) is 0.393. The summed E-state index contributed by atoms with van der Waals surface area (Å²) >= 11 is 3.25. The maximum Gasteiger partial charge on any atom is 0.305 e. The lowest BCUT2D eigenvalue weighted by atomic mass is 10.2. The van der Waals surface area contributed by atoms with Crippen molar-refractivity contribution in [1.29, 1.82) is 0 Å². The molecule has 7 nitrogen and oxygen atoms in total. The van der Waals surface area contributed by atoms with E-state index < -0.39 is 10.9 Å². The van der Waals surface area contributed by atoms with E-state index >= 15 is 0 Å². The fraction of sp³-hybridized carbons (Fsp3) is 0.400. The minimum Gasteiger partial charge on any atom is -0.481 e. The van der Waals surface area contributed by atoms with E-state index in [1.165, 1.54) is 6.20 Å². The summed E-state index contributed by atoms with van der Waals surface area (Å²) in [6.45, 7) is 1.89. The number of carboxylic acids is 1. The molecule has 1 aromatic rings. The summed E-state index contributed by atoms with van der Waals surface area (Å²) in [5.74, 6) is -0.420. The predicted molar refractivity (Wildman–Crippen MR) is 68.9 cm³/mol. The monoisotopic (exact) mass is 317 g/mol. The highest BCUT2D eigenvalue weighted by Gasteiger charge is 2.19. The van der Waals surface area contributed by atoms with Gasteiger partial charge in [-0.05, 0) is 22.9 Å². The Labute approximate surface area is 112 Å². The van der Waals surface area contributed by atoms with E-state index in [0.29, 0.717) is 15.9 Å². The summed E-state index contributed by atoms with van der Waals surface area (Å²) in [6, 6.07) is 0. The van der Waals surface area contributed by atoms with E-state index in [9.17, 15) is 14.9 Å². The molecule has 8 heteroatoms. The van der Waals surface area contributed by atoms with Crippen LogP contribution in [0.25, 0.3) is 0 Å². The Morgan fingerprint density at radius 1 is 1.67 bits per heavy atom. The molecule has 0 amide bonds. The van der Waals surface area contributed by atoms with Crippen molar-refractivity contribution in [2.45, 2.75) is 13.3 Å². The van der Waals surface area contributed by atoms with Crippen molar-refractivity contribution in [2.24, 2.45) is 0 Å². The highest BCUT2D eigenvalue weighted by molar-refractivity contribution is 9.10. The number of nitro groups is 1. The molecule has 1 heterocycles. The van der Waals surface area contributed by atoms with Crippen molar-refractivity contribution < 1.29 is 14.8 Å². The van der Waals surface area contributed by atoms with E-state index in [4.69, 9.17) is 5.11 Å². The molecule has 0 saturated carbocycles. The van der Waals surface area contributed by atoms with Crippen LogP contribution in [0.4, 0.5) is 11.5 Å². The standard InChI is InChI=1S/C10H12BrN3O4/c1-6-7(14(17)18)5-12-10(9(6)11)13(2)4-3-8(15)16/h5H,3-4H2,1-2H3,(H,15,16). The number of rotatable bonds is 5. The smallest absolute Gasteiger partial charge is 0.305 e. The van der Waals surface area contributed by atoms with Crippen LogP contribution in [0.1, 0.15) is 12.0 Å². The van der Waals surface area contributed by atoms with Gasteiger partial charge in [-0.1, -0.05) is 0 Å². The highest BCUT2D eigenvalue weighted by atomic mass is 79.9. The normalized spacial score (nSPS) is 10.2. The van der Waals surface area contributed by atoms with Gasteiger partial charge in [0, 0.05) is 19.2 Å². The largest absolute Gasteiger partial charge is 0.481 e. The lowest BCUT2D eigenvalue weighted by molar-refractivity contribution is -0.385. The molecule has 1 N–H and O–H groups in total. The van der Waals surface area contributed by atoms with E-state index in [0.717, 1.165) is 0 Å². The van der Waals surface area contributed by atoms with Gasteiger partial charge in [-0.25, -0.2) is 4.98 Å². The quantitative estimate of drug-likeness (QED) is 0.658. The minimum absolute atomic E-state index is 0.0271. The number of aromatic nitrogens is 1. The lowest BCUT2D eigenvalue weighted by Crippen LogP contribution is -2.22. The maximum absolute atomic E-state index is 10.7. The fourth-order valence-electron chi connectivity index (χ4n) is 1.38. The van der Waals surface area contributed by atoms with Gasteiger partial charge in [0.2, 0.25) is 0 Å². The zero-order chi connectivity index (χ0) is 13.9. The van der Waals surface area contributed by atoms with Gasteiger partial charge in [0.1, 0.15) is 12.0 Å². The van der Waals surface area contributed by atoms with E-state index in [1.54, 1.807) is 18.9 Å². The number of nitrogens with zero attached hydrogens (tertiary/aromatic N) is 3. The van der Waals surface area contributed by atoms with Gasteiger partial charge in [0.05, 0.1) is 15.8 Å². The minimum atomic E-state index is -0.906. The molecule has 1 rings (SSSR count). The van der Waals surface area contributed by atoms with Gasteiger partial charge in [0.25, 0.3) is 5.69 Å². The Morgan fingerprint density at radius 2 is 2.28 bits per heavy atom. The Hall–Kier alpha value is -1.70. The Balaban J connectivity index is 3.01. The average Bonchev–Trinajstić information content (AvgIpc) is 2.29. The number of pyridine rings is 1. The topological polar surface area (TPSA) is 96.6 Å². The summed E-state index contributed by atoms with van der Waals surface area (Å²) < 4.78 is 0.504. The molecule has 0 radical (unpaired) electrons. The number of halogens is 1. The first-order valence-corrected chi connectivity index (χ1v) is 5.86. The van der Waals surface area contributed by atoms with Gasteiger partial charge >= 0.3 is 5.97 Å². The maximum atomic E-state index is 10.7. The average molecular weight is 318 g/mol. The molecule has 0 spiro atoms. The number of anilines is 1. The zero-order valence-corrected chi connectivity index (χ0v) is 11.5. The zero-order valence-electron chi connectivity index (χ0n) is 9.88. The first-order chi connectivity index (χ1) is 8.34. The molecule has 0 bridgehead atoms. The molecule has 98 valence electrons. The van der Waals surface area contributed by atoms with E-state index in [2.05, 4.69) is 20.9 Å². The van der Waals surface area contributed by atoms with Crippen molar-refractivity contribution in [3.8, 4) is 0 Å². The summed E-state index contributed by atoms with van der Waals surface area (Å²) in [7, 11) is 1.68. The molecular weight excluding hydrogens is 306 g/mol. The molecule has 0 atom stereocenters. The third kappa shape index (κ3) is 3.16. The number of aliphatic carboxylic acids is 1. The van der Waals surface area contributed by atoms with Gasteiger partial charge in [-0.3, -0.25) is 14.9 Å². The molecule has 0 aliphatic heterocycles. The fourth-order valence-corrected chi connectivity index (χ4v) is 1.98. The van der Waals surface area contributed by atoms with Crippen LogP contribution in [0.15, 0.2) is 10.7 Å². The van der Waals surface area contributed by atoms with Gasteiger partial charge in [0.15, 0.2) is 0 Å². The highest BCUT2D eigenvalue weighted by Crippen LogP contribution is 2.32. The number of carbonyl (C=O) groups is 1. The Bertz CT molecular complexity index is 492. The Kier molecular flexibility index (Phi) is 4.60. The van der Waals surface area contributed by atoms with Crippen LogP contribution < -0.4 is 4.90 Å². The van der Waals surface area contributed by atoms with Crippen LogP contribution in [0.2, 0.25) is 0 Å². The summed E-state index contributed by atoms with van der Waals surface area (Å²) in [4.78, 5) is 26.3. The molecule has 0 aliphatic rings. The Morgan fingerprint density at radius 3 is 2.78 bits per heavy atom. The molecule has 18 heavy (non-hydrogen) atoms. The van der Waals surface area contributed by atoms with E-state index in [-0.39, 0.29) is 18.7 Å². The summed E-state index contributed by atoms with van der Waals surface area (Å²) in [5, 5.41) is 19.3. The molecule has 0 aromatic carbocycles. The van der Waals surface area contributed by atoms with Crippen LogP contribution in [0, 0.1) is 17.0 Å². The second kappa shape index (κ2) is 5.76. The third-order valence-electron chi connectivity index (χ3n) is 2.44. The lowest BCUT2D eigenvalue weighted by Gasteiger charge is -2.19. The van der Waals surface area contributed by atoms with Crippen molar-refractivity contribution in [2.75, 3.05) is 18.5 Å². The number of hydrogen-bond donors (Lipinski definition) is 1. The van der Waals surface area contributed by atoms with Crippen molar-refractivity contribution in [3.05, 3.63) is 26.3 Å². The molecule has 1 aromatic heterocycles. The van der Waals surface area contributed by atoms with Crippen LogP contribution in [0.3, 0.4) is 0 Å². The predicted octanol–water partition coefficient (Wildman–Crippen LogP) is 1.97. The van der Waals surface area contributed by atoms with Crippen molar-refractivity contribution >= 4 is 33.4 Å².